The first-order chi connectivity index (χ1) is 15.4. The van der Waals surface area contributed by atoms with E-state index < -0.39 is 24.1 Å². The average Bonchev–Trinajstić information content (AvgIpc) is 3.21. The summed E-state index contributed by atoms with van der Waals surface area (Å²) in [6.07, 6.45) is 1.34. The van der Waals surface area contributed by atoms with Gasteiger partial charge in [-0.05, 0) is 48.4 Å². The molecule has 1 unspecified atom stereocenters. The van der Waals surface area contributed by atoms with Crippen molar-refractivity contribution in [1.82, 2.24) is 9.88 Å². The summed E-state index contributed by atoms with van der Waals surface area (Å²) in [6, 6.07) is 14.1. The zero-order valence-corrected chi connectivity index (χ0v) is 21.6. The van der Waals surface area contributed by atoms with E-state index in [-0.39, 0.29) is 39.1 Å². The molecule has 0 aliphatic rings. The molecule has 0 saturated heterocycles. The summed E-state index contributed by atoms with van der Waals surface area (Å²) in [6.45, 7) is 7.54. The fourth-order valence-electron chi connectivity index (χ4n) is 2.92. The van der Waals surface area contributed by atoms with Gasteiger partial charge >= 0.3 is 6.09 Å². The molecule has 1 aromatic heterocycles. The largest absolute Gasteiger partial charge is 0.505 e. The van der Waals surface area contributed by atoms with E-state index >= 15 is 0 Å². The molecule has 0 aliphatic heterocycles. The summed E-state index contributed by atoms with van der Waals surface area (Å²) in [7, 11) is 3.55. The summed E-state index contributed by atoms with van der Waals surface area (Å²) in [5.74, 6) is -0.140. The zero-order chi connectivity index (χ0) is 23.7. The number of fused-ring (bicyclic) bond motifs is 1. The summed E-state index contributed by atoms with van der Waals surface area (Å²) in [4.78, 5) is 28.5. The third-order valence-electron chi connectivity index (χ3n) is 4.53. The summed E-state index contributed by atoms with van der Waals surface area (Å²) < 4.78 is 5.36. The summed E-state index contributed by atoms with van der Waals surface area (Å²) in [5.41, 5.74) is 8.21. The SMILES string of the molecule is CC.[CH2-]C(C#N)N([CH2-])C(=O)[C@@H](N)Cc1c[nH]c2ccc(OC(=O)Nc3ccccc3)cc12.[Y]. The maximum absolute atomic E-state index is 12.4. The number of benzene rings is 2. The van der Waals surface area contributed by atoms with Gasteiger partial charge in [0, 0.05) is 55.5 Å². The molecule has 33 heavy (non-hydrogen) atoms. The monoisotopic (exact) mass is 522 g/mol. The van der Waals surface area contributed by atoms with Crippen molar-refractivity contribution in [2.24, 2.45) is 5.73 Å². The zero-order valence-electron chi connectivity index (χ0n) is 18.7. The number of carbonyl (C=O) groups is 2. The van der Waals surface area contributed by atoms with Crippen LogP contribution < -0.4 is 15.8 Å². The topological polar surface area (TPSA) is 124 Å². The fraction of sp³-hybridized carbons (Fsp3) is 0.208. The number of anilines is 1. The van der Waals surface area contributed by atoms with Gasteiger partial charge in [-0.3, -0.25) is 17.2 Å². The van der Waals surface area contributed by atoms with Gasteiger partial charge in [-0.25, -0.2) is 4.79 Å². The first-order valence-corrected chi connectivity index (χ1v) is 10.1. The molecule has 0 saturated carbocycles. The van der Waals surface area contributed by atoms with Gasteiger partial charge in [-0.2, -0.15) is 5.26 Å². The third-order valence-corrected chi connectivity index (χ3v) is 4.53. The van der Waals surface area contributed by atoms with Crippen molar-refractivity contribution in [3.8, 4) is 11.8 Å². The molecule has 2 amide bonds. The van der Waals surface area contributed by atoms with Crippen molar-refractivity contribution in [3.63, 3.8) is 0 Å². The second kappa shape index (κ2) is 13.7. The van der Waals surface area contributed by atoms with Crippen LogP contribution in [0.3, 0.4) is 0 Å². The standard InChI is InChI=1S/C22H21N5O3.C2H6.Y/c1-14(12-23)27(2)21(28)19(24)10-15-13-25-20-9-8-17(11-18(15)20)30-22(29)26-16-6-4-3-5-7-16;1-2;/h3-9,11,13-14,19,25H,1-2,10,24H2,(H,26,29);1-2H3;/q-2;;/t14?,19-;;/m0../s1. The third kappa shape index (κ3) is 7.67. The second-order valence-corrected chi connectivity index (χ2v) is 6.67. The number of ether oxygens (including phenoxy) is 1. The van der Waals surface area contributed by atoms with Crippen molar-refractivity contribution in [2.45, 2.75) is 32.4 Å². The smallest absolute Gasteiger partial charge is 0.417 e. The number of para-hydroxylation sites is 1. The molecule has 2 atom stereocenters. The van der Waals surface area contributed by atoms with Crippen molar-refractivity contribution in [2.75, 3.05) is 5.32 Å². The Kier molecular flexibility index (Phi) is 11.8. The minimum Gasteiger partial charge on any atom is -0.505 e. The normalized spacial score (nSPS) is 11.6. The van der Waals surface area contributed by atoms with Crippen LogP contribution in [-0.2, 0) is 43.9 Å². The number of hydrogen-bond donors (Lipinski definition) is 3. The van der Waals surface area contributed by atoms with Crippen LogP contribution in [0.5, 0.6) is 5.75 Å². The molecule has 0 spiro atoms. The predicted octanol–water partition coefficient (Wildman–Crippen LogP) is 4.02. The average molecular weight is 522 g/mol. The number of amides is 2. The van der Waals surface area contributed by atoms with Gasteiger partial charge in [-0.15, -0.1) is 0 Å². The molecule has 3 aromatic rings. The van der Waals surface area contributed by atoms with Gasteiger partial charge in [0.05, 0.1) is 12.1 Å². The van der Waals surface area contributed by atoms with Crippen LogP contribution in [0.4, 0.5) is 10.5 Å². The number of aromatic amines is 1. The molecule has 4 N–H and O–H groups in total. The van der Waals surface area contributed by atoms with Gasteiger partial charge in [0.1, 0.15) is 5.75 Å². The number of nitriles is 1. The first-order valence-electron chi connectivity index (χ1n) is 10.1. The Morgan fingerprint density at radius 2 is 1.91 bits per heavy atom. The molecular formula is C24H27N5O3Y-2. The predicted molar refractivity (Wildman–Crippen MR) is 124 cm³/mol. The number of H-pyrrole nitrogens is 1. The number of nitrogens with zero attached hydrogens (tertiary/aromatic N) is 2. The number of carbonyl (C=O) groups excluding carboxylic acids is 2. The number of hydrogen-bond acceptors (Lipinski definition) is 5. The number of aromatic nitrogens is 1. The van der Waals surface area contributed by atoms with E-state index in [4.69, 9.17) is 15.7 Å². The van der Waals surface area contributed by atoms with Gasteiger partial charge in [0.15, 0.2) is 0 Å². The Morgan fingerprint density at radius 3 is 2.55 bits per heavy atom. The van der Waals surface area contributed by atoms with Gasteiger partial charge in [0.2, 0.25) is 5.91 Å². The van der Waals surface area contributed by atoms with Gasteiger partial charge < -0.3 is 27.3 Å². The second-order valence-electron chi connectivity index (χ2n) is 6.67. The molecule has 171 valence electrons. The Labute approximate surface area is 219 Å². The maximum atomic E-state index is 12.4. The fourth-order valence-corrected chi connectivity index (χ4v) is 2.92. The van der Waals surface area contributed by atoms with Crippen molar-refractivity contribution in [3.05, 3.63) is 74.3 Å². The molecule has 1 heterocycles. The Hall–Kier alpha value is -2.73. The molecule has 8 nitrogen and oxygen atoms in total. The van der Waals surface area contributed by atoms with Gasteiger partial charge in [0.25, 0.3) is 0 Å². The van der Waals surface area contributed by atoms with Crippen molar-refractivity contribution < 1.29 is 47.0 Å². The molecule has 0 bridgehead atoms. The van der Waals surface area contributed by atoms with E-state index in [9.17, 15) is 9.59 Å². The Morgan fingerprint density at radius 1 is 1.24 bits per heavy atom. The summed E-state index contributed by atoms with van der Waals surface area (Å²) >= 11 is 0. The minimum atomic E-state index is -0.922. The van der Waals surface area contributed by atoms with Crippen LogP contribution in [0.15, 0.2) is 54.7 Å². The van der Waals surface area contributed by atoms with Crippen LogP contribution in [0, 0.1) is 25.3 Å². The van der Waals surface area contributed by atoms with E-state index in [0.717, 1.165) is 21.4 Å². The van der Waals surface area contributed by atoms with Gasteiger partial charge in [-0.1, -0.05) is 32.0 Å². The van der Waals surface area contributed by atoms with E-state index in [1.54, 1.807) is 48.7 Å². The molecule has 2 aromatic carbocycles. The Balaban J connectivity index is 0.00000177. The number of nitrogens with one attached hydrogen (secondary N) is 2. The van der Waals surface area contributed by atoms with E-state index in [1.165, 1.54) is 0 Å². The van der Waals surface area contributed by atoms with Crippen molar-refractivity contribution in [1.29, 1.82) is 5.26 Å². The van der Waals surface area contributed by atoms with E-state index in [2.05, 4.69) is 24.3 Å². The van der Waals surface area contributed by atoms with Crippen LogP contribution in [0.2, 0.25) is 0 Å². The van der Waals surface area contributed by atoms with Crippen LogP contribution in [-0.4, -0.2) is 34.0 Å². The summed E-state index contributed by atoms with van der Waals surface area (Å²) in [5, 5.41) is 12.3. The molecular weight excluding hydrogens is 495 g/mol. The number of nitrogens with two attached hydrogens (primary N) is 1. The van der Waals surface area contributed by atoms with Crippen LogP contribution in [0.25, 0.3) is 10.9 Å². The molecule has 0 aliphatic carbocycles. The minimum absolute atomic E-state index is 0. The molecule has 3 rings (SSSR count). The molecule has 0 fully saturated rings. The van der Waals surface area contributed by atoms with Crippen molar-refractivity contribution >= 4 is 28.6 Å². The van der Waals surface area contributed by atoms with Crippen LogP contribution in [0.1, 0.15) is 19.4 Å². The maximum Gasteiger partial charge on any atom is 0.417 e. The van der Waals surface area contributed by atoms with Crippen LogP contribution >= 0.6 is 0 Å². The van der Waals surface area contributed by atoms with E-state index in [0.29, 0.717) is 11.4 Å². The molecule has 9 heteroatoms. The Bertz CT molecular complexity index is 1090. The molecule has 1 radical (unpaired) electrons. The first kappa shape index (κ1) is 28.3. The number of rotatable bonds is 6. The quantitative estimate of drug-likeness (QED) is 0.422. The van der Waals surface area contributed by atoms with E-state index in [1.807, 2.05) is 26.0 Å².